The molecule has 0 saturated heterocycles. The number of urea groups is 1. The van der Waals surface area contributed by atoms with E-state index in [4.69, 9.17) is 10.8 Å². The minimum atomic E-state index is -1.12. The number of hydrogen-bond acceptors (Lipinski definition) is 4. The van der Waals surface area contributed by atoms with Crippen LogP contribution in [-0.4, -0.2) is 22.0 Å². The highest BCUT2D eigenvalue weighted by Gasteiger charge is 2.24. The van der Waals surface area contributed by atoms with Crippen molar-refractivity contribution in [3.8, 4) is 0 Å². The normalized spacial score (nSPS) is 10.0. The van der Waals surface area contributed by atoms with Gasteiger partial charge < -0.3 is 10.8 Å². The number of para-hydroxylation sites is 2. The van der Waals surface area contributed by atoms with Crippen molar-refractivity contribution in [2.24, 2.45) is 5.73 Å². The standard InChI is InChI=1S/C14H11N3O5/c15-14(20)16(10-7-5-9(6-8-10)13(18)19)11-3-1-2-4-12(11)17(21)22/h1-8H,(H2,15,20)(H,18,19). The molecule has 8 heteroatoms. The van der Waals surface area contributed by atoms with E-state index in [9.17, 15) is 19.7 Å². The van der Waals surface area contributed by atoms with Crippen LogP contribution in [0.5, 0.6) is 0 Å². The molecule has 0 heterocycles. The maximum Gasteiger partial charge on any atom is 0.335 e. The Morgan fingerprint density at radius 1 is 1.09 bits per heavy atom. The molecular weight excluding hydrogens is 290 g/mol. The van der Waals surface area contributed by atoms with E-state index < -0.39 is 16.9 Å². The third-order valence-electron chi connectivity index (χ3n) is 2.91. The summed E-state index contributed by atoms with van der Waals surface area (Å²) in [4.78, 5) is 33.9. The molecule has 0 saturated carbocycles. The summed E-state index contributed by atoms with van der Waals surface area (Å²) in [6, 6.07) is 9.97. The van der Waals surface area contributed by atoms with Gasteiger partial charge in [0, 0.05) is 6.07 Å². The lowest BCUT2D eigenvalue weighted by Gasteiger charge is -2.20. The van der Waals surface area contributed by atoms with E-state index in [-0.39, 0.29) is 22.6 Å². The Morgan fingerprint density at radius 3 is 2.18 bits per heavy atom. The van der Waals surface area contributed by atoms with Crippen LogP contribution in [0.15, 0.2) is 48.5 Å². The molecule has 3 N–H and O–H groups in total. The Bertz CT molecular complexity index is 742. The molecule has 0 spiro atoms. The van der Waals surface area contributed by atoms with Crippen LogP contribution in [-0.2, 0) is 0 Å². The Kier molecular flexibility index (Phi) is 4.03. The average Bonchev–Trinajstić information content (AvgIpc) is 2.48. The van der Waals surface area contributed by atoms with E-state index in [1.165, 1.54) is 48.5 Å². The second-order valence-electron chi connectivity index (χ2n) is 4.27. The van der Waals surface area contributed by atoms with Crippen LogP contribution in [0.2, 0.25) is 0 Å². The van der Waals surface area contributed by atoms with E-state index in [2.05, 4.69) is 0 Å². The minimum Gasteiger partial charge on any atom is -0.478 e. The van der Waals surface area contributed by atoms with Crippen molar-refractivity contribution in [1.29, 1.82) is 0 Å². The van der Waals surface area contributed by atoms with E-state index in [0.717, 1.165) is 4.90 Å². The van der Waals surface area contributed by atoms with Gasteiger partial charge in [-0.25, -0.2) is 9.59 Å². The molecule has 0 fully saturated rings. The first kappa shape index (κ1) is 15.0. The van der Waals surface area contributed by atoms with Gasteiger partial charge >= 0.3 is 12.0 Å². The minimum absolute atomic E-state index is 0.00285. The predicted octanol–water partition coefficient (Wildman–Crippen LogP) is 2.51. The third-order valence-corrected chi connectivity index (χ3v) is 2.91. The Morgan fingerprint density at radius 2 is 1.68 bits per heavy atom. The number of anilines is 2. The first-order chi connectivity index (χ1) is 10.4. The van der Waals surface area contributed by atoms with Crippen LogP contribution in [0, 0.1) is 10.1 Å². The first-order valence-corrected chi connectivity index (χ1v) is 6.08. The van der Waals surface area contributed by atoms with E-state index >= 15 is 0 Å². The quantitative estimate of drug-likeness (QED) is 0.662. The van der Waals surface area contributed by atoms with Crippen molar-refractivity contribution < 1.29 is 19.6 Å². The molecule has 2 amide bonds. The van der Waals surface area contributed by atoms with Gasteiger partial charge in [-0.2, -0.15) is 0 Å². The zero-order valence-corrected chi connectivity index (χ0v) is 11.2. The molecule has 2 rings (SSSR count). The number of primary amides is 1. The molecule has 0 aliphatic heterocycles. The van der Waals surface area contributed by atoms with Gasteiger partial charge in [-0.05, 0) is 30.3 Å². The number of amides is 2. The predicted molar refractivity (Wildman–Crippen MR) is 78.2 cm³/mol. The molecular formula is C14H11N3O5. The van der Waals surface area contributed by atoms with Gasteiger partial charge in [-0.3, -0.25) is 15.0 Å². The van der Waals surface area contributed by atoms with Crippen LogP contribution in [0.1, 0.15) is 10.4 Å². The fourth-order valence-electron chi connectivity index (χ4n) is 1.95. The maximum absolute atomic E-state index is 11.7. The van der Waals surface area contributed by atoms with Crippen LogP contribution in [0.25, 0.3) is 0 Å². The zero-order chi connectivity index (χ0) is 16.3. The van der Waals surface area contributed by atoms with E-state index in [1.807, 2.05) is 0 Å². The summed E-state index contributed by atoms with van der Waals surface area (Å²) in [5, 5.41) is 19.9. The van der Waals surface area contributed by atoms with Crippen LogP contribution >= 0.6 is 0 Å². The summed E-state index contributed by atoms with van der Waals surface area (Å²) in [6.45, 7) is 0. The molecule has 2 aromatic carbocycles. The van der Waals surface area contributed by atoms with Gasteiger partial charge in [0.15, 0.2) is 0 Å². The number of aromatic carboxylic acids is 1. The summed E-state index contributed by atoms with van der Waals surface area (Å²) in [7, 11) is 0. The summed E-state index contributed by atoms with van der Waals surface area (Å²) in [5.41, 5.74) is 5.28. The fraction of sp³-hybridized carbons (Fsp3) is 0. The average molecular weight is 301 g/mol. The highest BCUT2D eigenvalue weighted by atomic mass is 16.6. The zero-order valence-electron chi connectivity index (χ0n) is 11.2. The number of nitrogens with zero attached hydrogens (tertiary/aromatic N) is 2. The number of carbonyl (C=O) groups is 2. The van der Waals surface area contributed by atoms with Gasteiger partial charge in [0.05, 0.1) is 16.2 Å². The number of hydrogen-bond donors (Lipinski definition) is 2. The Labute approximate surface area is 124 Å². The highest BCUT2D eigenvalue weighted by Crippen LogP contribution is 2.33. The summed E-state index contributed by atoms with van der Waals surface area (Å²) in [6.07, 6.45) is 0. The Hall–Kier alpha value is -3.42. The number of carboxylic acids is 1. The van der Waals surface area contributed by atoms with Crippen LogP contribution < -0.4 is 10.6 Å². The van der Waals surface area contributed by atoms with Gasteiger partial charge in [-0.1, -0.05) is 12.1 Å². The molecule has 22 heavy (non-hydrogen) atoms. The SMILES string of the molecule is NC(=O)N(c1ccc(C(=O)O)cc1)c1ccccc1[N+](=O)[O-]. The number of rotatable bonds is 4. The molecule has 0 atom stereocenters. The second kappa shape index (κ2) is 5.92. The molecule has 0 aromatic heterocycles. The lowest BCUT2D eigenvalue weighted by Crippen LogP contribution is -2.31. The van der Waals surface area contributed by atoms with Crippen molar-refractivity contribution in [3.05, 3.63) is 64.2 Å². The lowest BCUT2D eigenvalue weighted by molar-refractivity contribution is -0.384. The maximum atomic E-state index is 11.7. The number of nitrogens with two attached hydrogens (primary N) is 1. The van der Waals surface area contributed by atoms with Gasteiger partial charge in [0.2, 0.25) is 0 Å². The van der Waals surface area contributed by atoms with Crippen LogP contribution in [0.3, 0.4) is 0 Å². The third kappa shape index (κ3) is 2.85. The smallest absolute Gasteiger partial charge is 0.335 e. The summed E-state index contributed by atoms with van der Waals surface area (Å²) >= 11 is 0. The summed E-state index contributed by atoms with van der Waals surface area (Å²) < 4.78 is 0. The highest BCUT2D eigenvalue weighted by molar-refractivity contribution is 6.01. The number of benzene rings is 2. The molecule has 0 aliphatic carbocycles. The van der Waals surface area contributed by atoms with E-state index in [0.29, 0.717) is 0 Å². The number of carbonyl (C=O) groups excluding carboxylic acids is 1. The molecule has 112 valence electrons. The topological polar surface area (TPSA) is 127 Å². The van der Waals surface area contributed by atoms with Crippen molar-refractivity contribution in [2.45, 2.75) is 0 Å². The van der Waals surface area contributed by atoms with E-state index in [1.54, 1.807) is 0 Å². The summed E-state index contributed by atoms with van der Waals surface area (Å²) in [5.74, 6) is -1.12. The van der Waals surface area contributed by atoms with Crippen molar-refractivity contribution >= 4 is 29.1 Å². The fourth-order valence-corrected chi connectivity index (χ4v) is 1.95. The largest absolute Gasteiger partial charge is 0.478 e. The molecule has 8 nitrogen and oxygen atoms in total. The molecule has 2 aromatic rings. The number of nitro groups is 1. The second-order valence-corrected chi connectivity index (χ2v) is 4.27. The van der Waals surface area contributed by atoms with Gasteiger partial charge in [0.1, 0.15) is 5.69 Å². The van der Waals surface area contributed by atoms with Gasteiger partial charge in [-0.15, -0.1) is 0 Å². The lowest BCUT2D eigenvalue weighted by atomic mass is 10.1. The van der Waals surface area contributed by atoms with Crippen molar-refractivity contribution in [2.75, 3.05) is 4.90 Å². The molecule has 0 aliphatic rings. The number of nitro benzene ring substituents is 1. The monoisotopic (exact) mass is 301 g/mol. The van der Waals surface area contributed by atoms with Crippen molar-refractivity contribution in [1.82, 2.24) is 0 Å². The Balaban J connectivity index is 2.54. The number of carboxylic acid groups (broad SMARTS) is 1. The molecule has 0 bridgehead atoms. The molecule has 0 unspecified atom stereocenters. The van der Waals surface area contributed by atoms with Crippen molar-refractivity contribution in [3.63, 3.8) is 0 Å². The first-order valence-electron chi connectivity index (χ1n) is 6.08. The molecule has 0 radical (unpaired) electrons. The van der Waals surface area contributed by atoms with Crippen LogP contribution in [0.4, 0.5) is 21.9 Å². The van der Waals surface area contributed by atoms with Gasteiger partial charge in [0.25, 0.3) is 5.69 Å².